The van der Waals surface area contributed by atoms with Crippen LogP contribution in [0.15, 0.2) is 12.2 Å². The Labute approximate surface area is 79.4 Å². The fraction of sp³-hybridized carbons (Fsp3) is 0.778. The molecular formula is C9H18O4. The van der Waals surface area contributed by atoms with Gasteiger partial charge in [-0.3, -0.25) is 0 Å². The van der Waals surface area contributed by atoms with Crippen LogP contribution < -0.4 is 0 Å². The molecule has 0 aromatic carbocycles. The molecule has 4 nitrogen and oxygen atoms in total. The minimum absolute atomic E-state index is 0.249. The average molecular weight is 190 g/mol. The van der Waals surface area contributed by atoms with Crippen LogP contribution in [0.2, 0.25) is 0 Å². The van der Waals surface area contributed by atoms with Gasteiger partial charge in [-0.05, 0) is 6.92 Å². The Morgan fingerprint density at radius 3 is 2.46 bits per heavy atom. The summed E-state index contributed by atoms with van der Waals surface area (Å²) in [5.74, 6) is 0. The Balaban J connectivity index is 2.83. The fourth-order valence-corrected chi connectivity index (χ4v) is 0.565. The average Bonchev–Trinajstić information content (AvgIpc) is 2.16. The van der Waals surface area contributed by atoms with Gasteiger partial charge in [0.2, 0.25) is 0 Å². The number of hydrogen-bond acceptors (Lipinski definition) is 4. The molecule has 0 N–H and O–H groups in total. The Hall–Kier alpha value is -0.420. The number of rotatable bonds is 9. The van der Waals surface area contributed by atoms with E-state index >= 15 is 0 Å². The van der Waals surface area contributed by atoms with Crippen molar-refractivity contribution in [1.82, 2.24) is 0 Å². The number of hydrogen-bond donors (Lipinski definition) is 0. The molecule has 0 heterocycles. The molecule has 0 saturated carbocycles. The van der Waals surface area contributed by atoms with Crippen molar-refractivity contribution in [3.05, 3.63) is 12.2 Å². The standard InChI is InChI=1S/C9H18O4/c1-3-4-5-11-8-13-9-12-7-6-10-2/h3-4H,5-9H2,1-2H3/b4-3+. The van der Waals surface area contributed by atoms with E-state index in [-0.39, 0.29) is 13.6 Å². The van der Waals surface area contributed by atoms with Crippen molar-refractivity contribution in [1.29, 1.82) is 0 Å². The number of allylic oxidation sites excluding steroid dienone is 1. The minimum atomic E-state index is 0.249. The van der Waals surface area contributed by atoms with Crippen molar-refractivity contribution >= 4 is 0 Å². The molecule has 0 aromatic heterocycles. The highest BCUT2D eigenvalue weighted by Gasteiger charge is 1.87. The summed E-state index contributed by atoms with van der Waals surface area (Å²) < 4.78 is 19.9. The first-order valence-corrected chi connectivity index (χ1v) is 4.25. The van der Waals surface area contributed by atoms with E-state index in [4.69, 9.17) is 18.9 Å². The van der Waals surface area contributed by atoms with Gasteiger partial charge in [0.25, 0.3) is 0 Å². The van der Waals surface area contributed by atoms with Crippen LogP contribution in [0, 0.1) is 0 Å². The summed E-state index contributed by atoms with van der Waals surface area (Å²) in [4.78, 5) is 0. The van der Waals surface area contributed by atoms with Crippen LogP contribution in [0.1, 0.15) is 6.92 Å². The highest BCUT2D eigenvalue weighted by Crippen LogP contribution is 1.82. The maximum Gasteiger partial charge on any atom is 0.150 e. The molecule has 78 valence electrons. The highest BCUT2D eigenvalue weighted by atomic mass is 16.7. The summed E-state index contributed by atoms with van der Waals surface area (Å²) >= 11 is 0. The van der Waals surface area contributed by atoms with E-state index in [0.29, 0.717) is 19.8 Å². The SMILES string of the molecule is C/C=C/COCOCOCCOC. The predicted molar refractivity (Wildman–Crippen MR) is 49.4 cm³/mol. The zero-order valence-corrected chi connectivity index (χ0v) is 8.32. The van der Waals surface area contributed by atoms with E-state index < -0.39 is 0 Å². The van der Waals surface area contributed by atoms with E-state index in [1.54, 1.807) is 7.11 Å². The van der Waals surface area contributed by atoms with Crippen LogP contribution >= 0.6 is 0 Å². The first-order valence-electron chi connectivity index (χ1n) is 4.25. The summed E-state index contributed by atoms with van der Waals surface area (Å²) in [6, 6.07) is 0. The van der Waals surface area contributed by atoms with Crippen molar-refractivity contribution in [2.24, 2.45) is 0 Å². The molecule has 0 fully saturated rings. The Bertz CT molecular complexity index is 114. The van der Waals surface area contributed by atoms with Crippen molar-refractivity contribution in [3.8, 4) is 0 Å². The predicted octanol–water partition coefficient (Wildman–Crippen LogP) is 1.17. The van der Waals surface area contributed by atoms with Gasteiger partial charge in [-0.2, -0.15) is 0 Å². The zero-order chi connectivity index (χ0) is 9.78. The Kier molecular flexibility index (Phi) is 11.2. The third-order valence-electron chi connectivity index (χ3n) is 1.21. The quantitative estimate of drug-likeness (QED) is 0.311. The molecule has 0 radical (unpaired) electrons. The van der Waals surface area contributed by atoms with E-state index in [9.17, 15) is 0 Å². The third-order valence-corrected chi connectivity index (χ3v) is 1.21. The van der Waals surface area contributed by atoms with Crippen molar-refractivity contribution in [2.45, 2.75) is 6.92 Å². The lowest BCUT2D eigenvalue weighted by molar-refractivity contribution is -0.131. The van der Waals surface area contributed by atoms with Gasteiger partial charge in [0.05, 0.1) is 19.8 Å². The van der Waals surface area contributed by atoms with Gasteiger partial charge in [-0.25, -0.2) is 0 Å². The topological polar surface area (TPSA) is 36.9 Å². The summed E-state index contributed by atoms with van der Waals surface area (Å²) in [6.07, 6.45) is 3.84. The largest absolute Gasteiger partial charge is 0.382 e. The van der Waals surface area contributed by atoms with E-state index in [1.165, 1.54) is 0 Å². The summed E-state index contributed by atoms with van der Waals surface area (Å²) in [6.45, 7) is 4.16. The summed E-state index contributed by atoms with van der Waals surface area (Å²) in [7, 11) is 1.63. The van der Waals surface area contributed by atoms with Crippen LogP contribution in [-0.4, -0.2) is 40.5 Å². The van der Waals surface area contributed by atoms with Crippen LogP contribution in [0.25, 0.3) is 0 Å². The van der Waals surface area contributed by atoms with Gasteiger partial charge in [0.15, 0.2) is 0 Å². The molecule has 0 amide bonds. The monoisotopic (exact) mass is 190 g/mol. The zero-order valence-electron chi connectivity index (χ0n) is 8.32. The van der Waals surface area contributed by atoms with E-state index in [1.807, 2.05) is 19.1 Å². The molecule has 13 heavy (non-hydrogen) atoms. The number of methoxy groups -OCH3 is 1. The molecule has 0 bridgehead atoms. The van der Waals surface area contributed by atoms with E-state index in [0.717, 1.165) is 0 Å². The van der Waals surface area contributed by atoms with Gasteiger partial charge in [0, 0.05) is 7.11 Å². The maximum atomic E-state index is 5.06. The van der Waals surface area contributed by atoms with Gasteiger partial charge >= 0.3 is 0 Å². The summed E-state index contributed by atoms with van der Waals surface area (Å²) in [5, 5.41) is 0. The van der Waals surface area contributed by atoms with Crippen LogP contribution in [-0.2, 0) is 18.9 Å². The molecule has 0 aromatic rings. The Morgan fingerprint density at radius 1 is 1.00 bits per heavy atom. The summed E-state index contributed by atoms with van der Waals surface area (Å²) in [5.41, 5.74) is 0. The molecule has 0 rings (SSSR count). The van der Waals surface area contributed by atoms with Gasteiger partial charge in [-0.1, -0.05) is 12.2 Å². The van der Waals surface area contributed by atoms with Crippen LogP contribution in [0.4, 0.5) is 0 Å². The lowest BCUT2D eigenvalue weighted by Gasteiger charge is -2.04. The second-order valence-corrected chi connectivity index (χ2v) is 2.28. The first-order chi connectivity index (χ1) is 6.41. The lowest BCUT2D eigenvalue weighted by Crippen LogP contribution is -2.08. The van der Waals surface area contributed by atoms with Crippen LogP contribution in [0.5, 0.6) is 0 Å². The molecule has 0 saturated heterocycles. The smallest absolute Gasteiger partial charge is 0.150 e. The third kappa shape index (κ3) is 11.6. The normalized spacial score (nSPS) is 11.2. The van der Waals surface area contributed by atoms with Crippen molar-refractivity contribution in [3.63, 3.8) is 0 Å². The van der Waals surface area contributed by atoms with Gasteiger partial charge in [-0.15, -0.1) is 0 Å². The second kappa shape index (κ2) is 11.6. The van der Waals surface area contributed by atoms with Crippen molar-refractivity contribution < 1.29 is 18.9 Å². The Morgan fingerprint density at radius 2 is 1.77 bits per heavy atom. The van der Waals surface area contributed by atoms with Crippen molar-refractivity contribution in [2.75, 3.05) is 40.5 Å². The second-order valence-electron chi connectivity index (χ2n) is 2.28. The van der Waals surface area contributed by atoms with Gasteiger partial charge in [0.1, 0.15) is 13.6 Å². The molecule has 0 spiro atoms. The maximum absolute atomic E-state index is 5.06. The highest BCUT2D eigenvalue weighted by molar-refractivity contribution is 4.75. The molecule has 4 heteroatoms. The fourth-order valence-electron chi connectivity index (χ4n) is 0.565. The number of ether oxygens (including phenoxy) is 4. The van der Waals surface area contributed by atoms with E-state index in [2.05, 4.69) is 0 Å². The molecule has 0 unspecified atom stereocenters. The minimum Gasteiger partial charge on any atom is -0.382 e. The molecule has 0 aliphatic carbocycles. The van der Waals surface area contributed by atoms with Gasteiger partial charge < -0.3 is 18.9 Å². The first kappa shape index (κ1) is 12.6. The molecule has 0 atom stereocenters. The molecule has 0 aliphatic rings. The molecular weight excluding hydrogens is 172 g/mol. The lowest BCUT2D eigenvalue weighted by atomic mass is 10.6. The molecule has 0 aliphatic heterocycles. The van der Waals surface area contributed by atoms with Crippen LogP contribution in [0.3, 0.4) is 0 Å².